The van der Waals surface area contributed by atoms with Crippen LogP contribution in [0.4, 0.5) is 0 Å². The summed E-state index contributed by atoms with van der Waals surface area (Å²) < 4.78 is 0. The summed E-state index contributed by atoms with van der Waals surface area (Å²) in [6.45, 7) is 6.06. The van der Waals surface area contributed by atoms with E-state index < -0.39 is 0 Å². The highest BCUT2D eigenvalue weighted by atomic mass is 16.1. The molecular weight excluding hydrogens is 354 g/mol. The lowest BCUT2D eigenvalue weighted by Gasteiger charge is -2.21. The van der Waals surface area contributed by atoms with Crippen molar-refractivity contribution < 1.29 is 4.79 Å². The topological polar surface area (TPSA) is 20.1 Å². The summed E-state index contributed by atoms with van der Waals surface area (Å²) in [7, 11) is 0. The SMILES string of the molecule is CC(C)=CC(=O)[C@H]1[C@@H](c2ccc(C)cc2)N1C(c1ccccc1)c1ccccc1. The van der Waals surface area contributed by atoms with Crippen LogP contribution in [0.25, 0.3) is 0 Å². The molecule has 1 aliphatic heterocycles. The van der Waals surface area contributed by atoms with Crippen LogP contribution in [0.5, 0.6) is 0 Å². The van der Waals surface area contributed by atoms with Gasteiger partial charge in [0.25, 0.3) is 0 Å². The fourth-order valence-electron chi connectivity index (χ4n) is 4.17. The molecule has 3 atom stereocenters. The monoisotopic (exact) mass is 381 g/mol. The zero-order valence-corrected chi connectivity index (χ0v) is 17.2. The molecule has 0 saturated carbocycles. The molecule has 3 aromatic rings. The van der Waals surface area contributed by atoms with Gasteiger partial charge >= 0.3 is 0 Å². The number of aryl methyl sites for hydroxylation is 1. The van der Waals surface area contributed by atoms with Crippen molar-refractivity contribution in [3.05, 3.63) is 119 Å². The van der Waals surface area contributed by atoms with Gasteiger partial charge in [0.2, 0.25) is 0 Å². The Balaban J connectivity index is 1.79. The Labute approximate surface area is 173 Å². The van der Waals surface area contributed by atoms with E-state index in [9.17, 15) is 4.79 Å². The lowest BCUT2D eigenvalue weighted by atomic mass is 9.98. The average Bonchev–Trinajstić information content (AvgIpc) is 3.45. The molecule has 0 aromatic heterocycles. The first kappa shape index (κ1) is 19.4. The van der Waals surface area contributed by atoms with Crippen LogP contribution in [-0.2, 0) is 4.79 Å². The number of carbonyl (C=O) groups is 1. The smallest absolute Gasteiger partial charge is 0.174 e. The zero-order chi connectivity index (χ0) is 20.4. The molecule has 4 rings (SSSR count). The molecule has 0 aliphatic carbocycles. The molecule has 1 heterocycles. The van der Waals surface area contributed by atoms with Gasteiger partial charge in [-0.25, -0.2) is 0 Å². The van der Waals surface area contributed by atoms with Gasteiger partial charge in [-0.15, -0.1) is 0 Å². The maximum atomic E-state index is 13.1. The third-order valence-electron chi connectivity index (χ3n) is 5.52. The minimum absolute atomic E-state index is 0.0446. The molecule has 2 heteroatoms. The van der Waals surface area contributed by atoms with Crippen LogP contribution in [0.1, 0.15) is 48.2 Å². The fourth-order valence-corrected chi connectivity index (χ4v) is 4.17. The van der Waals surface area contributed by atoms with Crippen molar-refractivity contribution in [2.24, 2.45) is 0 Å². The van der Waals surface area contributed by atoms with E-state index in [2.05, 4.69) is 84.6 Å². The minimum Gasteiger partial charge on any atom is -0.293 e. The first-order valence-corrected chi connectivity index (χ1v) is 10.2. The standard InChI is InChI=1S/C27H27NO/c1-19(2)18-24(29)27-26(23-16-14-20(3)15-17-23)28(27)25(21-10-6-4-7-11-21)22-12-8-5-9-13-22/h4-18,25-27H,1-3H3/t26-,27+,28?/m1/s1. The second kappa shape index (κ2) is 8.18. The molecule has 0 spiro atoms. The van der Waals surface area contributed by atoms with Crippen molar-refractivity contribution in [2.75, 3.05) is 0 Å². The number of nitrogens with zero attached hydrogens (tertiary/aromatic N) is 1. The first-order chi connectivity index (χ1) is 14.1. The van der Waals surface area contributed by atoms with Crippen LogP contribution in [-0.4, -0.2) is 16.7 Å². The van der Waals surface area contributed by atoms with Crippen molar-refractivity contribution in [2.45, 2.75) is 38.9 Å². The first-order valence-electron chi connectivity index (χ1n) is 10.2. The summed E-state index contributed by atoms with van der Waals surface area (Å²) in [5.41, 5.74) is 5.90. The van der Waals surface area contributed by atoms with Crippen LogP contribution < -0.4 is 0 Å². The van der Waals surface area contributed by atoms with E-state index in [0.29, 0.717) is 0 Å². The van der Waals surface area contributed by atoms with E-state index in [1.54, 1.807) is 6.08 Å². The number of hydrogen-bond donors (Lipinski definition) is 0. The Kier molecular flexibility index (Phi) is 5.46. The molecule has 0 N–H and O–H groups in total. The molecule has 2 nitrogen and oxygen atoms in total. The largest absolute Gasteiger partial charge is 0.293 e. The fraction of sp³-hybridized carbons (Fsp3) is 0.222. The lowest BCUT2D eigenvalue weighted by molar-refractivity contribution is -0.115. The maximum Gasteiger partial charge on any atom is 0.174 e. The highest BCUT2D eigenvalue weighted by molar-refractivity contribution is 5.98. The Morgan fingerprint density at radius 1 is 0.828 bits per heavy atom. The van der Waals surface area contributed by atoms with Gasteiger partial charge in [0, 0.05) is 0 Å². The molecule has 0 radical (unpaired) electrons. The van der Waals surface area contributed by atoms with Gasteiger partial charge < -0.3 is 0 Å². The van der Waals surface area contributed by atoms with Crippen molar-refractivity contribution in [1.29, 1.82) is 0 Å². The molecule has 0 bridgehead atoms. The van der Waals surface area contributed by atoms with Crippen LogP contribution >= 0.6 is 0 Å². The van der Waals surface area contributed by atoms with Gasteiger partial charge in [-0.2, -0.15) is 0 Å². The van der Waals surface area contributed by atoms with Crippen LogP contribution in [0.3, 0.4) is 0 Å². The summed E-state index contributed by atoms with van der Waals surface area (Å²) in [6, 6.07) is 29.6. The predicted octanol–water partition coefficient (Wildman–Crippen LogP) is 6.05. The summed E-state index contributed by atoms with van der Waals surface area (Å²) in [6.07, 6.45) is 1.79. The van der Waals surface area contributed by atoms with Crippen molar-refractivity contribution >= 4 is 5.78 Å². The minimum atomic E-state index is -0.141. The Morgan fingerprint density at radius 3 is 1.83 bits per heavy atom. The number of ketones is 1. The van der Waals surface area contributed by atoms with Gasteiger partial charge in [0.15, 0.2) is 5.78 Å². The predicted molar refractivity (Wildman–Crippen MR) is 119 cm³/mol. The summed E-state index contributed by atoms with van der Waals surface area (Å²) >= 11 is 0. The van der Waals surface area contributed by atoms with Crippen molar-refractivity contribution in [1.82, 2.24) is 4.90 Å². The molecule has 29 heavy (non-hydrogen) atoms. The van der Waals surface area contributed by atoms with Crippen LogP contribution in [0.15, 0.2) is 96.6 Å². The Bertz CT molecular complexity index is 962. The molecule has 1 saturated heterocycles. The second-order valence-corrected chi connectivity index (χ2v) is 8.10. The molecule has 3 aromatic carbocycles. The van der Waals surface area contributed by atoms with Gasteiger partial charge in [0.05, 0.1) is 18.1 Å². The third kappa shape index (κ3) is 4.08. The molecule has 146 valence electrons. The maximum absolute atomic E-state index is 13.1. The summed E-state index contributed by atoms with van der Waals surface area (Å²) in [5.74, 6) is 0.187. The van der Waals surface area contributed by atoms with E-state index in [-0.39, 0.29) is 23.9 Å². The van der Waals surface area contributed by atoms with E-state index >= 15 is 0 Å². The molecule has 1 aliphatic rings. The number of carbonyl (C=O) groups excluding carboxylic acids is 1. The molecule has 0 amide bonds. The van der Waals surface area contributed by atoms with Gasteiger partial charge in [-0.05, 0) is 43.5 Å². The highest BCUT2D eigenvalue weighted by Gasteiger charge is 2.56. The van der Waals surface area contributed by atoms with Crippen molar-refractivity contribution in [3.63, 3.8) is 0 Å². The molecular formula is C27H27NO. The average molecular weight is 382 g/mol. The third-order valence-corrected chi connectivity index (χ3v) is 5.52. The van der Waals surface area contributed by atoms with E-state index in [4.69, 9.17) is 0 Å². The highest BCUT2D eigenvalue weighted by Crippen LogP contribution is 2.52. The van der Waals surface area contributed by atoms with E-state index in [1.807, 2.05) is 26.0 Å². The summed E-state index contributed by atoms with van der Waals surface area (Å²) in [5, 5.41) is 0. The Morgan fingerprint density at radius 2 is 1.34 bits per heavy atom. The normalized spacial score (nSPS) is 20.3. The Hall–Kier alpha value is -2.97. The van der Waals surface area contributed by atoms with Crippen LogP contribution in [0.2, 0.25) is 0 Å². The molecule has 1 unspecified atom stereocenters. The van der Waals surface area contributed by atoms with E-state index in [1.165, 1.54) is 22.3 Å². The zero-order valence-electron chi connectivity index (χ0n) is 17.2. The number of rotatable bonds is 6. The lowest BCUT2D eigenvalue weighted by Crippen LogP contribution is -2.17. The number of benzene rings is 3. The quantitative estimate of drug-likeness (QED) is 0.383. The number of allylic oxidation sites excluding steroid dienone is 1. The summed E-state index contributed by atoms with van der Waals surface area (Å²) in [4.78, 5) is 15.5. The second-order valence-electron chi connectivity index (χ2n) is 8.10. The van der Waals surface area contributed by atoms with E-state index in [0.717, 1.165) is 5.57 Å². The number of hydrogen-bond acceptors (Lipinski definition) is 2. The van der Waals surface area contributed by atoms with Crippen molar-refractivity contribution in [3.8, 4) is 0 Å². The van der Waals surface area contributed by atoms with Gasteiger partial charge in [-0.1, -0.05) is 96.1 Å². The molecule has 1 fully saturated rings. The van der Waals surface area contributed by atoms with Crippen LogP contribution in [0, 0.1) is 6.92 Å². The van der Waals surface area contributed by atoms with Gasteiger partial charge in [-0.3, -0.25) is 9.69 Å². The van der Waals surface area contributed by atoms with Gasteiger partial charge in [0.1, 0.15) is 0 Å².